The van der Waals surface area contributed by atoms with Crippen molar-refractivity contribution in [3.8, 4) is 0 Å². The molecular weight excluding hydrogens is 128 g/mol. The van der Waals surface area contributed by atoms with Gasteiger partial charge in [-0.3, -0.25) is 0 Å². The van der Waals surface area contributed by atoms with Crippen LogP contribution < -0.4 is 5.32 Å². The topological polar surface area (TPSA) is 32.3 Å². The van der Waals surface area contributed by atoms with Crippen LogP contribution in [0.4, 0.5) is 4.79 Å². The predicted molar refractivity (Wildman–Crippen MR) is 30.8 cm³/mol. The highest BCUT2D eigenvalue weighted by Crippen LogP contribution is 1.96. The van der Waals surface area contributed by atoms with Gasteiger partial charge in [0.15, 0.2) is 0 Å². The molecule has 0 atom stereocenters. The molecule has 1 N–H and O–H groups in total. The molecule has 1 heterocycles. The van der Waals surface area contributed by atoms with Crippen molar-refractivity contribution in [2.45, 2.75) is 0 Å². The molecule has 1 saturated heterocycles. The molecule has 8 heavy (non-hydrogen) atoms. The maximum atomic E-state index is 10.5. The quantitative estimate of drug-likeness (QED) is 0.404. The molecule has 0 aromatic heterocycles. The van der Waals surface area contributed by atoms with Crippen LogP contribution >= 0.6 is 11.6 Å². The maximum Gasteiger partial charge on any atom is 0.318 e. The lowest BCUT2D eigenvalue weighted by Gasteiger charge is -2.06. The van der Waals surface area contributed by atoms with E-state index in [9.17, 15) is 4.79 Å². The Kier molecular flexibility index (Phi) is 1.58. The van der Waals surface area contributed by atoms with Crippen molar-refractivity contribution >= 4 is 17.6 Å². The van der Waals surface area contributed by atoms with Gasteiger partial charge in [-0.15, -0.1) is 11.6 Å². The van der Waals surface area contributed by atoms with Gasteiger partial charge in [0, 0.05) is 13.1 Å². The molecule has 1 rings (SSSR count). The van der Waals surface area contributed by atoms with E-state index in [4.69, 9.17) is 11.6 Å². The number of hydrogen-bond donors (Lipinski definition) is 1. The van der Waals surface area contributed by atoms with Crippen LogP contribution in [0.25, 0.3) is 0 Å². The van der Waals surface area contributed by atoms with Crippen LogP contribution in [-0.2, 0) is 0 Å². The van der Waals surface area contributed by atoms with Crippen molar-refractivity contribution in [1.29, 1.82) is 0 Å². The molecule has 2 amide bonds. The minimum Gasteiger partial charge on any atom is -0.336 e. The Balaban J connectivity index is 2.42. The van der Waals surface area contributed by atoms with Crippen LogP contribution in [0, 0.1) is 0 Å². The van der Waals surface area contributed by atoms with E-state index in [1.165, 1.54) is 0 Å². The summed E-state index contributed by atoms with van der Waals surface area (Å²) in [6, 6.07) is 0.242. The molecule has 0 aromatic carbocycles. The van der Waals surface area contributed by atoms with E-state index in [1.54, 1.807) is 4.90 Å². The standard InChI is InChI=1S/C4H7ClN2O/c5-3-7-2-1-6-4(7)8/h1-3H2,(H,6,8). The lowest BCUT2D eigenvalue weighted by atomic mass is 10.7. The van der Waals surface area contributed by atoms with Gasteiger partial charge in [0.05, 0.1) is 6.00 Å². The van der Waals surface area contributed by atoms with Crippen LogP contribution in [0.2, 0.25) is 0 Å². The first kappa shape index (κ1) is 5.69. The van der Waals surface area contributed by atoms with Crippen LogP contribution in [0.1, 0.15) is 0 Å². The van der Waals surface area contributed by atoms with E-state index in [2.05, 4.69) is 5.32 Å². The number of halogens is 1. The largest absolute Gasteiger partial charge is 0.336 e. The summed E-state index contributed by atoms with van der Waals surface area (Å²) in [6.45, 7) is 1.47. The van der Waals surface area contributed by atoms with Crippen molar-refractivity contribution < 1.29 is 4.79 Å². The maximum absolute atomic E-state index is 10.5. The average Bonchev–Trinajstić information content (AvgIpc) is 2.14. The van der Waals surface area contributed by atoms with Gasteiger partial charge < -0.3 is 10.2 Å². The number of rotatable bonds is 1. The molecule has 0 bridgehead atoms. The van der Waals surface area contributed by atoms with Gasteiger partial charge in [0.2, 0.25) is 0 Å². The number of nitrogens with zero attached hydrogens (tertiary/aromatic N) is 1. The Morgan fingerprint density at radius 1 is 1.88 bits per heavy atom. The number of nitrogens with one attached hydrogen (secondary N) is 1. The number of alkyl halides is 1. The molecule has 0 aliphatic carbocycles. The third-order valence-corrected chi connectivity index (χ3v) is 1.38. The summed E-state index contributed by atoms with van der Waals surface area (Å²) in [5, 5.41) is 2.62. The van der Waals surface area contributed by atoms with Gasteiger partial charge in [-0.25, -0.2) is 4.79 Å². The smallest absolute Gasteiger partial charge is 0.318 e. The first-order valence-electron chi connectivity index (χ1n) is 2.43. The van der Waals surface area contributed by atoms with Gasteiger partial charge in [-0.2, -0.15) is 0 Å². The zero-order chi connectivity index (χ0) is 5.98. The second-order valence-electron chi connectivity index (χ2n) is 1.61. The highest BCUT2D eigenvalue weighted by molar-refractivity contribution is 6.18. The lowest BCUT2D eigenvalue weighted by molar-refractivity contribution is 0.224. The first-order chi connectivity index (χ1) is 3.84. The van der Waals surface area contributed by atoms with Crippen molar-refractivity contribution in [3.63, 3.8) is 0 Å². The number of amides is 2. The second-order valence-corrected chi connectivity index (χ2v) is 1.85. The SMILES string of the molecule is O=C1NCCN1CCl. The van der Waals surface area contributed by atoms with Crippen molar-refractivity contribution in [1.82, 2.24) is 10.2 Å². The van der Waals surface area contributed by atoms with Crippen molar-refractivity contribution in [2.75, 3.05) is 19.1 Å². The summed E-state index contributed by atoms with van der Waals surface area (Å²) in [5.74, 6) is 0. The molecule has 46 valence electrons. The number of hydrogen-bond acceptors (Lipinski definition) is 1. The van der Waals surface area contributed by atoms with Gasteiger partial charge in [0.25, 0.3) is 0 Å². The van der Waals surface area contributed by atoms with E-state index >= 15 is 0 Å². The summed E-state index contributed by atoms with van der Waals surface area (Å²) in [5.41, 5.74) is 0. The Morgan fingerprint density at radius 3 is 2.88 bits per heavy atom. The first-order valence-corrected chi connectivity index (χ1v) is 2.97. The van der Waals surface area contributed by atoms with Crippen LogP contribution in [0.15, 0.2) is 0 Å². The Morgan fingerprint density at radius 2 is 2.62 bits per heavy atom. The zero-order valence-corrected chi connectivity index (χ0v) is 5.11. The second kappa shape index (κ2) is 2.22. The summed E-state index contributed by atoms with van der Waals surface area (Å²) < 4.78 is 0. The van der Waals surface area contributed by atoms with E-state index in [0.717, 1.165) is 13.1 Å². The summed E-state index contributed by atoms with van der Waals surface area (Å²) in [6.07, 6.45) is 0. The molecule has 0 spiro atoms. The van der Waals surface area contributed by atoms with Crippen molar-refractivity contribution in [3.05, 3.63) is 0 Å². The molecule has 1 aliphatic rings. The van der Waals surface area contributed by atoms with Crippen LogP contribution in [0.3, 0.4) is 0 Å². The van der Waals surface area contributed by atoms with Crippen LogP contribution in [0.5, 0.6) is 0 Å². The third kappa shape index (κ3) is 0.865. The fourth-order valence-corrected chi connectivity index (χ4v) is 0.853. The normalized spacial score (nSPS) is 19.1. The monoisotopic (exact) mass is 134 g/mol. The molecule has 0 unspecified atom stereocenters. The summed E-state index contributed by atoms with van der Waals surface area (Å²) >= 11 is 5.37. The lowest BCUT2D eigenvalue weighted by Crippen LogP contribution is -2.26. The minimum absolute atomic E-state index is 0.0556. The average molecular weight is 135 g/mol. The molecule has 3 nitrogen and oxygen atoms in total. The molecule has 4 heteroatoms. The van der Waals surface area contributed by atoms with Crippen molar-refractivity contribution in [2.24, 2.45) is 0 Å². The highest BCUT2D eigenvalue weighted by atomic mass is 35.5. The molecule has 0 radical (unpaired) electrons. The molecular formula is C4H7ClN2O. The van der Waals surface area contributed by atoms with Gasteiger partial charge in [0.1, 0.15) is 0 Å². The zero-order valence-electron chi connectivity index (χ0n) is 4.35. The highest BCUT2D eigenvalue weighted by Gasteiger charge is 2.16. The van der Waals surface area contributed by atoms with E-state index in [0.29, 0.717) is 6.00 Å². The third-order valence-electron chi connectivity index (χ3n) is 1.09. The number of carbonyl (C=O) groups is 1. The summed E-state index contributed by atoms with van der Waals surface area (Å²) in [4.78, 5) is 12.1. The van der Waals surface area contributed by atoms with Crippen LogP contribution in [-0.4, -0.2) is 30.0 Å². The number of urea groups is 1. The Hall–Kier alpha value is -0.440. The summed E-state index contributed by atoms with van der Waals surface area (Å²) in [7, 11) is 0. The van der Waals surface area contributed by atoms with Gasteiger partial charge in [-0.1, -0.05) is 0 Å². The van der Waals surface area contributed by atoms with Gasteiger partial charge in [-0.05, 0) is 0 Å². The fourth-order valence-electron chi connectivity index (χ4n) is 0.625. The Labute approximate surface area is 52.6 Å². The fraction of sp³-hybridized carbons (Fsp3) is 0.750. The molecule has 0 saturated carbocycles. The Bertz CT molecular complexity index is 106. The van der Waals surface area contributed by atoms with E-state index < -0.39 is 0 Å². The molecule has 1 fully saturated rings. The van der Waals surface area contributed by atoms with E-state index in [-0.39, 0.29) is 6.03 Å². The molecule has 1 aliphatic heterocycles. The van der Waals surface area contributed by atoms with Gasteiger partial charge >= 0.3 is 6.03 Å². The predicted octanol–water partition coefficient (Wildman–Crippen LogP) is 0.208. The minimum atomic E-state index is -0.0556. The molecule has 0 aromatic rings. The number of carbonyl (C=O) groups excluding carboxylic acids is 1. The van der Waals surface area contributed by atoms with E-state index in [1.807, 2.05) is 0 Å².